The van der Waals surface area contributed by atoms with Crippen LogP contribution in [-0.4, -0.2) is 24.5 Å². The van der Waals surface area contributed by atoms with Gasteiger partial charge in [-0.15, -0.1) is 0 Å². The molecule has 0 saturated heterocycles. The van der Waals surface area contributed by atoms with E-state index in [1.165, 1.54) is 0 Å². The summed E-state index contributed by atoms with van der Waals surface area (Å²) in [6.45, 7) is 8.35. The number of benzene rings is 4. The Morgan fingerprint density at radius 2 is 0.939 bits per heavy atom. The third-order valence-corrected chi connectivity index (χ3v) is 9.08. The molecular weight excluding hydrogens is 606 g/mol. The van der Waals surface area contributed by atoms with Crippen LogP contribution in [0, 0.1) is 27.7 Å². The molecule has 0 N–H and O–H groups in total. The SMILES string of the molecule is Cc1cc(-c2ccccn2)cc(Oc2ccc3c4ccc(Oc5cc(-c6ccccn6)cc(C)c5C)cc4n(-c4ncccn4)c3c2)c1C. The van der Waals surface area contributed by atoms with Crippen molar-refractivity contribution >= 4 is 21.8 Å². The minimum Gasteiger partial charge on any atom is -0.457 e. The molecule has 49 heavy (non-hydrogen) atoms. The maximum absolute atomic E-state index is 6.61. The van der Waals surface area contributed by atoms with Crippen LogP contribution in [-0.2, 0) is 0 Å². The highest BCUT2D eigenvalue weighted by Crippen LogP contribution is 2.39. The van der Waals surface area contributed by atoms with E-state index >= 15 is 0 Å². The number of rotatable bonds is 7. The molecule has 4 aromatic carbocycles. The topological polar surface area (TPSA) is 75.0 Å². The Kier molecular flexibility index (Phi) is 7.57. The van der Waals surface area contributed by atoms with Gasteiger partial charge in [0.1, 0.15) is 23.0 Å². The quantitative estimate of drug-likeness (QED) is 0.173. The average Bonchev–Trinajstić information content (AvgIpc) is 3.45. The molecule has 0 unspecified atom stereocenters. The van der Waals surface area contributed by atoms with E-state index < -0.39 is 0 Å². The lowest BCUT2D eigenvalue weighted by molar-refractivity contribution is 0.479. The Labute approximate surface area is 284 Å². The van der Waals surface area contributed by atoms with Crippen molar-refractivity contribution in [3.63, 3.8) is 0 Å². The average molecular weight is 640 g/mol. The van der Waals surface area contributed by atoms with Gasteiger partial charge in [0, 0.05) is 58.8 Å². The molecule has 0 aliphatic heterocycles. The summed E-state index contributed by atoms with van der Waals surface area (Å²) in [6, 6.07) is 34.4. The number of pyridine rings is 2. The maximum atomic E-state index is 6.61. The summed E-state index contributed by atoms with van der Waals surface area (Å²) in [5.74, 6) is 3.55. The Hall–Kier alpha value is -6.34. The Balaban J connectivity index is 1.23. The van der Waals surface area contributed by atoms with E-state index in [1.807, 2.05) is 54.6 Å². The lowest BCUT2D eigenvalue weighted by atomic mass is 10.0. The van der Waals surface area contributed by atoms with E-state index in [-0.39, 0.29) is 0 Å². The Bertz CT molecular complexity index is 2320. The van der Waals surface area contributed by atoms with Gasteiger partial charge in [-0.2, -0.15) is 0 Å². The molecule has 0 radical (unpaired) electrons. The standard InChI is InChI=1S/C42H33N5O2/c1-26-20-30(36-10-5-7-16-43-36)22-40(28(26)3)48-32-12-14-34-35-15-13-33(25-39(35)47(38(34)24-32)42-45-18-9-19-46-42)49-41-23-31(21-27(2)29(41)4)37-11-6-8-17-44-37/h5-25H,1-4H3. The highest BCUT2D eigenvalue weighted by atomic mass is 16.5. The van der Waals surface area contributed by atoms with E-state index in [0.29, 0.717) is 17.4 Å². The van der Waals surface area contributed by atoms with Gasteiger partial charge < -0.3 is 9.47 Å². The highest BCUT2D eigenvalue weighted by molar-refractivity contribution is 6.09. The van der Waals surface area contributed by atoms with Crippen LogP contribution < -0.4 is 9.47 Å². The first-order chi connectivity index (χ1) is 23.9. The Morgan fingerprint density at radius 1 is 0.469 bits per heavy atom. The van der Waals surface area contributed by atoms with E-state index in [9.17, 15) is 0 Å². The van der Waals surface area contributed by atoms with Gasteiger partial charge in [0.2, 0.25) is 5.95 Å². The summed E-state index contributed by atoms with van der Waals surface area (Å²) in [7, 11) is 0. The molecule has 8 rings (SSSR count). The van der Waals surface area contributed by atoms with Gasteiger partial charge in [0.05, 0.1) is 22.4 Å². The molecule has 0 saturated carbocycles. The molecule has 0 atom stereocenters. The van der Waals surface area contributed by atoms with Crippen LogP contribution in [0.4, 0.5) is 0 Å². The molecule has 7 nitrogen and oxygen atoms in total. The van der Waals surface area contributed by atoms with Gasteiger partial charge >= 0.3 is 0 Å². The smallest absolute Gasteiger partial charge is 0.234 e. The van der Waals surface area contributed by atoms with Crippen molar-refractivity contribution < 1.29 is 9.47 Å². The molecule has 0 amide bonds. The first kappa shape index (κ1) is 30.0. The molecular formula is C42H33N5O2. The van der Waals surface area contributed by atoms with Crippen LogP contribution >= 0.6 is 0 Å². The monoisotopic (exact) mass is 639 g/mol. The second kappa shape index (κ2) is 12.4. The lowest BCUT2D eigenvalue weighted by Crippen LogP contribution is -2.00. The van der Waals surface area contributed by atoms with E-state index in [4.69, 9.17) is 9.47 Å². The summed E-state index contributed by atoms with van der Waals surface area (Å²) in [5, 5.41) is 2.11. The van der Waals surface area contributed by atoms with Crippen LogP contribution in [0.5, 0.6) is 23.0 Å². The maximum Gasteiger partial charge on any atom is 0.234 e. The number of hydrogen-bond acceptors (Lipinski definition) is 6. The van der Waals surface area contributed by atoms with Gasteiger partial charge in [-0.25, -0.2) is 9.97 Å². The molecule has 238 valence electrons. The molecule has 0 spiro atoms. The van der Waals surface area contributed by atoms with E-state index in [0.717, 1.165) is 78.1 Å². The summed E-state index contributed by atoms with van der Waals surface area (Å²) in [4.78, 5) is 18.4. The molecule has 0 aliphatic carbocycles. The zero-order valence-electron chi connectivity index (χ0n) is 27.7. The second-order valence-electron chi connectivity index (χ2n) is 12.2. The van der Waals surface area contributed by atoms with Gasteiger partial charge in [-0.3, -0.25) is 14.5 Å². The van der Waals surface area contributed by atoms with Crippen molar-refractivity contribution in [1.29, 1.82) is 0 Å². The molecule has 7 heteroatoms. The first-order valence-corrected chi connectivity index (χ1v) is 16.2. The fourth-order valence-corrected chi connectivity index (χ4v) is 6.21. The fourth-order valence-electron chi connectivity index (χ4n) is 6.21. The summed E-state index contributed by atoms with van der Waals surface area (Å²) in [6.07, 6.45) is 7.12. The summed E-state index contributed by atoms with van der Waals surface area (Å²) >= 11 is 0. The minimum atomic E-state index is 0.560. The lowest BCUT2D eigenvalue weighted by Gasteiger charge is -2.14. The minimum absolute atomic E-state index is 0.560. The molecule has 8 aromatic rings. The molecule has 0 bridgehead atoms. The molecule has 4 heterocycles. The van der Waals surface area contributed by atoms with Gasteiger partial charge in [0.15, 0.2) is 0 Å². The van der Waals surface area contributed by atoms with Crippen molar-refractivity contribution in [2.75, 3.05) is 0 Å². The zero-order chi connectivity index (χ0) is 33.5. The predicted molar refractivity (Wildman–Crippen MR) is 195 cm³/mol. The van der Waals surface area contributed by atoms with Crippen molar-refractivity contribution in [2.24, 2.45) is 0 Å². The molecule has 0 aliphatic rings. The normalized spacial score (nSPS) is 11.3. The van der Waals surface area contributed by atoms with Gasteiger partial charge in [-0.05, 0) is 129 Å². The summed E-state index contributed by atoms with van der Waals surface area (Å²) < 4.78 is 15.3. The number of aryl methyl sites for hydroxylation is 2. The molecule has 0 fully saturated rings. The number of nitrogens with zero attached hydrogens (tertiary/aromatic N) is 5. The van der Waals surface area contributed by atoms with E-state index in [2.05, 4.69) is 101 Å². The van der Waals surface area contributed by atoms with Crippen LogP contribution in [0.3, 0.4) is 0 Å². The molecule has 4 aromatic heterocycles. The van der Waals surface area contributed by atoms with Crippen LogP contribution in [0.2, 0.25) is 0 Å². The first-order valence-electron chi connectivity index (χ1n) is 16.2. The number of hydrogen-bond donors (Lipinski definition) is 0. The largest absolute Gasteiger partial charge is 0.457 e. The van der Waals surface area contributed by atoms with Crippen LogP contribution in [0.15, 0.2) is 128 Å². The Morgan fingerprint density at radius 3 is 1.39 bits per heavy atom. The second-order valence-corrected chi connectivity index (χ2v) is 12.2. The number of ether oxygens (including phenoxy) is 2. The van der Waals surface area contributed by atoms with Crippen molar-refractivity contribution in [2.45, 2.75) is 27.7 Å². The van der Waals surface area contributed by atoms with Crippen molar-refractivity contribution in [3.8, 4) is 51.5 Å². The zero-order valence-corrected chi connectivity index (χ0v) is 27.7. The van der Waals surface area contributed by atoms with Crippen LogP contribution in [0.25, 0.3) is 50.3 Å². The van der Waals surface area contributed by atoms with Crippen LogP contribution in [0.1, 0.15) is 22.3 Å². The van der Waals surface area contributed by atoms with Crippen molar-refractivity contribution in [3.05, 3.63) is 150 Å². The fraction of sp³-hybridized carbons (Fsp3) is 0.0952. The van der Waals surface area contributed by atoms with Gasteiger partial charge in [0.25, 0.3) is 0 Å². The van der Waals surface area contributed by atoms with Crippen molar-refractivity contribution in [1.82, 2.24) is 24.5 Å². The summed E-state index contributed by atoms with van der Waals surface area (Å²) in [5.41, 5.74) is 10.1. The predicted octanol–water partition coefficient (Wildman–Crippen LogP) is 10.5. The third-order valence-electron chi connectivity index (χ3n) is 9.08. The highest BCUT2D eigenvalue weighted by Gasteiger charge is 2.18. The van der Waals surface area contributed by atoms with Gasteiger partial charge in [-0.1, -0.05) is 12.1 Å². The number of aromatic nitrogens is 5. The third kappa shape index (κ3) is 5.65. The number of fused-ring (bicyclic) bond motifs is 3. The van der Waals surface area contributed by atoms with E-state index in [1.54, 1.807) is 24.8 Å².